The number of benzene rings is 2. The molecule has 0 unspecified atom stereocenters. The first-order valence-corrected chi connectivity index (χ1v) is 12.0. The quantitative estimate of drug-likeness (QED) is 0.422. The zero-order chi connectivity index (χ0) is 23.7. The van der Waals surface area contributed by atoms with E-state index in [1.807, 2.05) is 58.2 Å². The molecule has 1 amide bonds. The van der Waals surface area contributed by atoms with Gasteiger partial charge in [-0.1, -0.05) is 55.8 Å². The number of hydrogen-bond acceptors (Lipinski definition) is 5. The molecule has 1 fully saturated rings. The van der Waals surface area contributed by atoms with Crippen molar-refractivity contribution in [3.8, 4) is 5.69 Å². The lowest BCUT2D eigenvalue weighted by Gasteiger charge is -2.36. The van der Waals surface area contributed by atoms with Crippen molar-refractivity contribution < 1.29 is 4.79 Å². The second-order valence-electron chi connectivity index (χ2n) is 8.95. The van der Waals surface area contributed by atoms with Gasteiger partial charge in [0, 0.05) is 32.6 Å². The first-order chi connectivity index (χ1) is 16.5. The number of anilines is 1. The highest BCUT2D eigenvalue weighted by molar-refractivity contribution is 6.33. The number of rotatable bonds is 5. The molecule has 8 heteroatoms. The summed E-state index contributed by atoms with van der Waals surface area (Å²) in [7, 11) is 0. The summed E-state index contributed by atoms with van der Waals surface area (Å²) >= 11 is 6.26. The fraction of sp³-hybridized carbons (Fsp3) is 0.308. The van der Waals surface area contributed by atoms with Gasteiger partial charge in [-0.2, -0.15) is 5.10 Å². The minimum absolute atomic E-state index is 0.0320. The highest BCUT2D eigenvalue weighted by Crippen LogP contribution is 2.28. The minimum atomic E-state index is -0.0320. The number of carbonyl (C=O) groups is 1. The van der Waals surface area contributed by atoms with Crippen LogP contribution in [0.1, 0.15) is 30.0 Å². The van der Waals surface area contributed by atoms with Crippen LogP contribution in [-0.2, 0) is 6.42 Å². The average molecular weight is 475 g/mol. The summed E-state index contributed by atoms with van der Waals surface area (Å²) in [6, 6.07) is 17.2. The summed E-state index contributed by atoms with van der Waals surface area (Å²) in [5.74, 6) is 2.09. The Labute approximate surface area is 204 Å². The Kier molecular flexibility index (Phi) is 6.20. The van der Waals surface area contributed by atoms with Crippen molar-refractivity contribution in [2.45, 2.75) is 20.3 Å². The zero-order valence-corrected chi connectivity index (χ0v) is 20.1. The van der Waals surface area contributed by atoms with Crippen molar-refractivity contribution in [2.24, 2.45) is 5.92 Å². The van der Waals surface area contributed by atoms with E-state index in [-0.39, 0.29) is 5.91 Å². The molecule has 0 radical (unpaired) electrons. The standard InChI is InChI=1S/C26H27ClN6O/c1-18(2)16-23-29-24(21-17-28-33(25(21)30-23)19-8-4-3-5-9-19)31-12-14-32(15-13-31)26(34)20-10-6-7-11-22(20)27/h3-11,17-18H,12-16H2,1-2H3. The maximum atomic E-state index is 13.0. The van der Waals surface area contributed by atoms with Crippen molar-refractivity contribution in [1.29, 1.82) is 0 Å². The Bertz CT molecular complexity index is 1310. The van der Waals surface area contributed by atoms with Gasteiger partial charge >= 0.3 is 0 Å². The number of amides is 1. The summed E-state index contributed by atoms with van der Waals surface area (Å²) in [6.07, 6.45) is 2.63. The first-order valence-electron chi connectivity index (χ1n) is 11.6. The Morgan fingerprint density at radius 3 is 2.38 bits per heavy atom. The van der Waals surface area contributed by atoms with Gasteiger partial charge in [0.2, 0.25) is 0 Å². The Balaban J connectivity index is 1.45. The lowest BCUT2D eigenvalue weighted by molar-refractivity contribution is 0.0746. The van der Waals surface area contributed by atoms with Crippen LogP contribution in [0.15, 0.2) is 60.8 Å². The largest absolute Gasteiger partial charge is 0.352 e. The number of carbonyl (C=O) groups excluding carboxylic acids is 1. The van der Waals surface area contributed by atoms with E-state index in [4.69, 9.17) is 21.6 Å². The summed E-state index contributed by atoms with van der Waals surface area (Å²) in [6.45, 7) is 6.89. The van der Waals surface area contributed by atoms with E-state index in [2.05, 4.69) is 23.8 Å². The molecule has 2 aromatic heterocycles. The second-order valence-corrected chi connectivity index (χ2v) is 9.36. The Morgan fingerprint density at radius 2 is 1.68 bits per heavy atom. The van der Waals surface area contributed by atoms with Crippen LogP contribution in [0.2, 0.25) is 5.02 Å². The van der Waals surface area contributed by atoms with Gasteiger partial charge in [0.25, 0.3) is 5.91 Å². The van der Waals surface area contributed by atoms with E-state index in [1.165, 1.54) is 0 Å². The Hall–Kier alpha value is -3.45. The molecule has 0 spiro atoms. The predicted octanol–water partition coefficient (Wildman–Crippen LogP) is 4.63. The number of aromatic nitrogens is 4. The van der Waals surface area contributed by atoms with Crippen LogP contribution in [0.25, 0.3) is 16.7 Å². The monoisotopic (exact) mass is 474 g/mol. The SMILES string of the molecule is CC(C)Cc1nc(N2CCN(C(=O)c3ccccc3Cl)CC2)c2cnn(-c3ccccc3)c2n1. The number of nitrogens with zero attached hydrogens (tertiary/aromatic N) is 6. The van der Waals surface area contributed by atoms with E-state index in [0.717, 1.165) is 34.8 Å². The van der Waals surface area contributed by atoms with Gasteiger partial charge < -0.3 is 9.80 Å². The van der Waals surface area contributed by atoms with E-state index in [1.54, 1.807) is 12.1 Å². The van der Waals surface area contributed by atoms with E-state index >= 15 is 0 Å². The topological polar surface area (TPSA) is 67.2 Å². The second kappa shape index (κ2) is 9.43. The molecular formula is C26H27ClN6O. The molecule has 0 aliphatic carbocycles. The molecule has 3 heterocycles. The number of piperazine rings is 1. The van der Waals surface area contributed by atoms with Crippen LogP contribution in [-0.4, -0.2) is 56.7 Å². The maximum Gasteiger partial charge on any atom is 0.255 e. The number of halogens is 1. The van der Waals surface area contributed by atoms with Gasteiger partial charge in [-0.05, 0) is 30.2 Å². The number of hydrogen-bond donors (Lipinski definition) is 0. The third-order valence-electron chi connectivity index (χ3n) is 6.02. The van der Waals surface area contributed by atoms with Crippen LogP contribution < -0.4 is 4.90 Å². The molecule has 0 saturated carbocycles. The average Bonchev–Trinajstić information content (AvgIpc) is 3.28. The lowest BCUT2D eigenvalue weighted by atomic mass is 10.1. The molecule has 34 heavy (non-hydrogen) atoms. The maximum absolute atomic E-state index is 13.0. The molecule has 7 nitrogen and oxygen atoms in total. The van der Waals surface area contributed by atoms with Crippen LogP contribution in [0, 0.1) is 5.92 Å². The fourth-order valence-corrected chi connectivity index (χ4v) is 4.54. The summed E-state index contributed by atoms with van der Waals surface area (Å²) in [4.78, 5) is 26.9. The molecule has 0 bridgehead atoms. The zero-order valence-electron chi connectivity index (χ0n) is 19.4. The molecule has 174 valence electrons. The predicted molar refractivity (Wildman–Crippen MR) is 135 cm³/mol. The molecule has 0 N–H and O–H groups in total. The highest BCUT2D eigenvalue weighted by Gasteiger charge is 2.26. The van der Waals surface area contributed by atoms with E-state index in [0.29, 0.717) is 42.7 Å². The van der Waals surface area contributed by atoms with Gasteiger partial charge in [-0.25, -0.2) is 14.6 Å². The van der Waals surface area contributed by atoms with Gasteiger partial charge in [0.15, 0.2) is 5.65 Å². The molecule has 5 rings (SSSR count). The van der Waals surface area contributed by atoms with Crippen LogP contribution in [0.4, 0.5) is 5.82 Å². The number of fused-ring (bicyclic) bond motifs is 1. The molecule has 1 aliphatic rings. The normalized spacial score (nSPS) is 14.2. The molecule has 1 saturated heterocycles. The summed E-state index contributed by atoms with van der Waals surface area (Å²) in [5.41, 5.74) is 2.32. The third-order valence-corrected chi connectivity index (χ3v) is 6.35. The van der Waals surface area contributed by atoms with Gasteiger partial charge in [-0.15, -0.1) is 0 Å². The molecular weight excluding hydrogens is 448 g/mol. The minimum Gasteiger partial charge on any atom is -0.352 e. The number of para-hydroxylation sites is 1. The van der Waals surface area contributed by atoms with Crippen molar-refractivity contribution >= 4 is 34.4 Å². The third kappa shape index (κ3) is 4.35. The van der Waals surface area contributed by atoms with E-state index < -0.39 is 0 Å². The smallest absolute Gasteiger partial charge is 0.255 e. The van der Waals surface area contributed by atoms with E-state index in [9.17, 15) is 4.79 Å². The van der Waals surface area contributed by atoms with Gasteiger partial charge in [0.05, 0.1) is 27.9 Å². The van der Waals surface area contributed by atoms with Crippen molar-refractivity contribution in [3.05, 3.63) is 77.2 Å². The summed E-state index contributed by atoms with van der Waals surface area (Å²) < 4.78 is 1.88. The Morgan fingerprint density at radius 1 is 0.971 bits per heavy atom. The van der Waals surface area contributed by atoms with Crippen molar-refractivity contribution in [1.82, 2.24) is 24.6 Å². The van der Waals surface area contributed by atoms with Crippen LogP contribution in [0.3, 0.4) is 0 Å². The van der Waals surface area contributed by atoms with Crippen molar-refractivity contribution in [2.75, 3.05) is 31.1 Å². The summed E-state index contributed by atoms with van der Waals surface area (Å²) in [5, 5.41) is 6.05. The van der Waals surface area contributed by atoms with Crippen LogP contribution in [0.5, 0.6) is 0 Å². The lowest BCUT2D eigenvalue weighted by Crippen LogP contribution is -2.49. The molecule has 0 atom stereocenters. The molecule has 1 aliphatic heterocycles. The molecule has 2 aromatic carbocycles. The van der Waals surface area contributed by atoms with Gasteiger partial charge in [0.1, 0.15) is 11.6 Å². The van der Waals surface area contributed by atoms with Crippen LogP contribution >= 0.6 is 11.6 Å². The highest BCUT2D eigenvalue weighted by atomic mass is 35.5. The molecule has 4 aromatic rings. The fourth-order valence-electron chi connectivity index (χ4n) is 4.32. The first kappa shape index (κ1) is 22.3. The van der Waals surface area contributed by atoms with Gasteiger partial charge in [-0.3, -0.25) is 4.79 Å². The van der Waals surface area contributed by atoms with Crippen molar-refractivity contribution in [3.63, 3.8) is 0 Å².